The van der Waals surface area contributed by atoms with Crippen molar-refractivity contribution >= 4 is 47.4 Å². The van der Waals surface area contributed by atoms with Crippen LogP contribution in [0.1, 0.15) is 0 Å². The average Bonchev–Trinajstić information content (AvgIpc) is 1.94. The van der Waals surface area contributed by atoms with Gasteiger partial charge < -0.3 is 86.1 Å². The third-order valence-electron chi connectivity index (χ3n) is 0. The molecule has 0 spiro atoms. The van der Waals surface area contributed by atoms with Crippen LogP contribution < -0.4 is 58.7 Å². The Kier molecular flexibility index (Phi) is 74.5. The van der Waals surface area contributed by atoms with E-state index in [2.05, 4.69) is 0 Å². The van der Waals surface area contributed by atoms with Crippen molar-refractivity contribution in [3.63, 3.8) is 0 Å². The van der Waals surface area contributed by atoms with Gasteiger partial charge >= 0.3 is 98.9 Å². The molecule has 0 aromatic carbocycles. The van der Waals surface area contributed by atoms with Crippen molar-refractivity contribution in [1.82, 2.24) is 0 Å². The van der Waals surface area contributed by atoms with E-state index in [1.54, 1.807) is 0 Å². The molecule has 0 saturated carbocycles. The van der Waals surface area contributed by atoms with Crippen LogP contribution >= 0.6 is 47.4 Å². The van der Waals surface area contributed by atoms with E-state index in [1.165, 1.54) is 0 Å². The van der Waals surface area contributed by atoms with E-state index >= 15 is 0 Å². The largest absolute Gasteiger partial charge is 2.00 e. The van der Waals surface area contributed by atoms with Crippen molar-refractivity contribution in [2.45, 2.75) is 0 Å². The van der Waals surface area contributed by atoms with Crippen LogP contribution in [-0.4, -0.2) is 0 Å². The van der Waals surface area contributed by atoms with Gasteiger partial charge in [0.25, 0.3) is 0 Å². The summed E-state index contributed by atoms with van der Waals surface area (Å²) in [4.78, 5) is 101. The van der Waals surface area contributed by atoms with Crippen molar-refractivity contribution in [3.8, 4) is 0 Å². The van der Waals surface area contributed by atoms with Crippen LogP contribution in [0.4, 0.5) is 25.2 Å². The second kappa shape index (κ2) is 34.6. The Morgan fingerprint density at radius 3 is 0.250 bits per heavy atom. The monoisotopic (exact) mass is 935 g/mol. The van der Waals surface area contributed by atoms with Gasteiger partial charge in [-0.15, -0.1) is 0 Å². The van der Waals surface area contributed by atoms with Gasteiger partial charge in [-0.1, -0.05) is 0 Å². The molecule has 0 rings (SSSR count). The number of hydrogen-bond donors (Lipinski definition) is 0. The maximum Gasteiger partial charge on any atom is 2.00 e. The van der Waals surface area contributed by atoms with Crippen LogP contribution in [0, 0.1) is 0 Å². The molecule has 0 aliphatic rings. The summed E-state index contributed by atoms with van der Waals surface area (Å²) in [7, 11) is -33.8. The molecule has 0 N–H and O–H groups in total. The standard InChI is InChI=1S/6FH2O3P.6Ni/c6*1-5(2,3)4;;;;;;/h6*(H2,2,3,4);;;;;;/q;;;;;;6*+2/p-12. The summed E-state index contributed by atoms with van der Waals surface area (Å²) in [6.07, 6.45) is 0. The topological polar surface area (TPSA) is 379 Å². The second-order valence-corrected chi connectivity index (χ2v) is 7.75. The smallest absolute Gasteiger partial charge is 0.786 e. The molecule has 0 heterocycles. The Hall–Kier alpha value is 3.44. The average molecular weight is 940 g/mol. The summed E-state index contributed by atoms with van der Waals surface area (Å²) in [5, 5.41) is 0. The Labute approximate surface area is 256 Å². The SMILES string of the molecule is O=P([O-])([O-])F.O=P([O-])([O-])F.O=P([O-])([O-])F.O=P([O-])([O-])F.O=P([O-])([O-])F.O=P([O-])([O-])F.[Ni+2].[Ni+2].[Ni+2].[Ni+2].[Ni+2].[Ni+2]. The molecule has 0 atom stereocenters. The minimum absolute atomic E-state index is 0. The van der Waals surface area contributed by atoms with E-state index in [0.717, 1.165) is 0 Å². The van der Waals surface area contributed by atoms with E-state index < -0.39 is 47.4 Å². The first-order valence-corrected chi connectivity index (χ1v) is 12.9. The molecular formula is F6Ni6O18P6. The van der Waals surface area contributed by atoms with E-state index in [9.17, 15) is 25.2 Å². The van der Waals surface area contributed by atoms with Crippen LogP contribution in [0.25, 0.3) is 0 Å². The summed E-state index contributed by atoms with van der Waals surface area (Å²) in [5.41, 5.74) is 0. The van der Waals surface area contributed by atoms with Gasteiger partial charge in [-0.05, 0) is 0 Å². The molecule has 0 bridgehead atoms. The van der Waals surface area contributed by atoms with Gasteiger partial charge in [0.2, 0.25) is 0 Å². The summed E-state index contributed by atoms with van der Waals surface area (Å²) in [6.45, 7) is 0. The van der Waals surface area contributed by atoms with E-state index in [4.69, 9.17) is 86.1 Å². The zero-order chi connectivity index (χ0) is 27.0. The molecule has 18 nitrogen and oxygen atoms in total. The fraction of sp³-hybridized carbons (Fsp3) is 0. The van der Waals surface area contributed by atoms with Crippen LogP contribution in [0.15, 0.2) is 0 Å². The molecule has 36 heteroatoms. The normalized spacial score (nSPS) is 9.83. The van der Waals surface area contributed by atoms with Crippen molar-refractivity contribution in [2.75, 3.05) is 0 Å². The zero-order valence-corrected chi connectivity index (χ0v) is 25.5. The zero-order valence-electron chi connectivity index (χ0n) is 14.2. The Bertz CT molecular complexity index is 497. The summed E-state index contributed by atoms with van der Waals surface area (Å²) < 4.78 is 111. The molecule has 0 radical (unpaired) electrons. The molecule has 0 aliphatic carbocycles. The Morgan fingerprint density at radius 1 is 0.250 bits per heavy atom. The third kappa shape index (κ3) is 4200. The molecule has 36 heavy (non-hydrogen) atoms. The molecule has 0 unspecified atom stereocenters. The fourth-order valence-electron chi connectivity index (χ4n) is 0. The van der Waals surface area contributed by atoms with Gasteiger partial charge in [-0.2, -0.15) is 0 Å². The maximum absolute atomic E-state index is 10.1. The van der Waals surface area contributed by atoms with Gasteiger partial charge in [0, 0.05) is 0 Å². The van der Waals surface area contributed by atoms with Crippen molar-refractivity contribution in [1.29, 1.82) is 0 Å². The van der Waals surface area contributed by atoms with E-state index in [0.29, 0.717) is 0 Å². The Morgan fingerprint density at radius 2 is 0.250 bits per heavy atom. The number of halogens is 6. The summed E-state index contributed by atoms with van der Waals surface area (Å²) in [6, 6.07) is 0. The predicted octanol–water partition coefficient (Wildman–Crippen LogP) is -7.31. The van der Waals surface area contributed by atoms with Crippen LogP contribution in [-0.2, 0) is 126 Å². The van der Waals surface area contributed by atoms with Gasteiger partial charge in [0.15, 0.2) is 0 Å². The molecule has 0 amide bonds. The van der Waals surface area contributed by atoms with E-state index in [-0.39, 0.29) is 98.9 Å². The van der Waals surface area contributed by atoms with Crippen LogP contribution in [0.3, 0.4) is 0 Å². The first-order chi connectivity index (χ1) is 12.0. The van der Waals surface area contributed by atoms with Crippen molar-refractivity contribution in [3.05, 3.63) is 0 Å². The molecular weight excluding hydrogens is 940 g/mol. The van der Waals surface area contributed by atoms with Crippen molar-refractivity contribution < 1.29 is 210 Å². The summed E-state index contributed by atoms with van der Waals surface area (Å²) in [5.74, 6) is 0. The summed E-state index contributed by atoms with van der Waals surface area (Å²) >= 11 is 0. The van der Waals surface area contributed by atoms with Gasteiger partial charge in [-0.25, -0.2) is 25.2 Å². The number of rotatable bonds is 0. The fourth-order valence-corrected chi connectivity index (χ4v) is 0. The van der Waals surface area contributed by atoms with Crippen molar-refractivity contribution in [2.24, 2.45) is 0 Å². The molecule has 0 aliphatic heterocycles. The third-order valence-corrected chi connectivity index (χ3v) is 0. The van der Waals surface area contributed by atoms with Gasteiger partial charge in [0.05, 0.1) is 0 Å². The quantitative estimate of drug-likeness (QED) is 0.124. The number of hydrogen-bond acceptors (Lipinski definition) is 18. The van der Waals surface area contributed by atoms with Gasteiger partial charge in [-0.3, -0.25) is 0 Å². The first-order valence-electron chi connectivity index (χ1n) is 4.30. The molecule has 0 aromatic rings. The molecule has 0 saturated heterocycles. The van der Waals surface area contributed by atoms with E-state index in [1.807, 2.05) is 0 Å². The van der Waals surface area contributed by atoms with Gasteiger partial charge in [0.1, 0.15) is 47.4 Å². The van der Waals surface area contributed by atoms with Crippen LogP contribution in [0.2, 0.25) is 0 Å². The molecule has 240 valence electrons. The second-order valence-electron chi connectivity index (χ2n) is 2.58. The molecule has 0 aromatic heterocycles. The van der Waals surface area contributed by atoms with Crippen LogP contribution in [0.5, 0.6) is 0 Å². The maximum atomic E-state index is 10.1. The Balaban J connectivity index is -0.0000000186. The minimum atomic E-state index is -5.64. The first kappa shape index (κ1) is 77.4. The predicted molar refractivity (Wildman–Crippen MR) is 52.3 cm³/mol. The minimum Gasteiger partial charge on any atom is -0.786 e. The molecule has 0 fully saturated rings.